The van der Waals surface area contributed by atoms with E-state index in [0.717, 1.165) is 17.8 Å². The molecule has 6 nitrogen and oxygen atoms in total. The van der Waals surface area contributed by atoms with Gasteiger partial charge >= 0.3 is 0 Å². The average Bonchev–Trinajstić information content (AvgIpc) is 3.17. The minimum absolute atomic E-state index is 0.0140. The molecule has 1 N–H and O–H groups in total. The standard InChI is InChI=1S/C21H28N4O2/c1-6-15-7-9-17(10-8-15)24-13-16(12-19(24)26)20(27)22-18-11-14(2)23-25(18)21(3,4)5/h7-11,16H,6,12-13H2,1-5H3,(H,22,27). The summed E-state index contributed by atoms with van der Waals surface area (Å²) in [5, 5.41) is 7.45. The summed E-state index contributed by atoms with van der Waals surface area (Å²) in [5.74, 6) is 0.150. The van der Waals surface area contributed by atoms with Crippen molar-refractivity contribution < 1.29 is 9.59 Å². The van der Waals surface area contributed by atoms with E-state index < -0.39 is 0 Å². The van der Waals surface area contributed by atoms with Crippen LogP contribution in [0.4, 0.5) is 11.5 Å². The molecule has 6 heteroatoms. The molecule has 2 heterocycles. The first-order valence-corrected chi connectivity index (χ1v) is 9.46. The number of nitrogens with one attached hydrogen (secondary N) is 1. The van der Waals surface area contributed by atoms with Gasteiger partial charge in [-0.05, 0) is 51.8 Å². The van der Waals surface area contributed by atoms with Gasteiger partial charge in [0.1, 0.15) is 5.82 Å². The smallest absolute Gasteiger partial charge is 0.230 e. The van der Waals surface area contributed by atoms with Crippen molar-refractivity contribution in [2.75, 3.05) is 16.8 Å². The second-order valence-corrected chi connectivity index (χ2v) is 8.17. The maximum Gasteiger partial charge on any atom is 0.230 e. The van der Waals surface area contributed by atoms with Crippen molar-refractivity contribution in [2.45, 2.75) is 53.0 Å². The summed E-state index contributed by atoms with van der Waals surface area (Å²) in [6, 6.07) is 9.83. The first-order valence-electron chi connectivity index (χ1n) is 9.46. The number of amides is 2. The number of nitrogens with zero attached hydrogens (tertiary/aromatic N) is 3. The van der Waals surface area contributed by atoms with Crippen molar-refractivity contribution in [2.24, 2.45) is 5.92 Å². The lowest BCUT2D eigenvalue weighted by Crippen LogP contribution is -2.31. The molecule has 1 unspecified atom stereocenters. The lowest BCUT2D eigenvalue weighted by Gasteiger charge is -2.23. The molecule has 1 aliphatic heterocycles. The van der Waals surface area contributed by atoms with E-state index >= 15 is 0 Å². The quantitative estimate of drug-likeness (QED) is 0.898. The van der Waals surface area contributed by atoms with Crippen molar-refractivity contribution in [1.29, 1.82) is 0 Å². The highest BCUT2D eigenvalue weighted by molar-refractivity contribution is 6.03. The lowest BCUT2D eigenvalue weighted by atomic mass is 10.1. The molecular weight excluding hydrogens is 340 g/mol. The minimum atomic E-state index is -0.369. The van der Waals surface area contributed by atoms with Crippen LogP contribution in [0.1, 0.15) is 45.4 Å². The van der Waals surface area contributed by atoms with E-state index in [9.17, 15) is 9.59 Å². The van der Waals surface area contributed by atoms with Crippen LogP contribution in [0.5, 0.6) is 0 Å². The number of hydrogen-bond donors (Lipinski definition) is 1. The number of aromatic nitrogens is 2. The fourth-order valence-electron chi connectivity index (χ4n) is 3.37. The Hall–Kier alpha value is -2.63. The molecular formula is C21H28N4O2. The van der Waals surface area contributed by atoms with Crippen LogP contribution in [0, 0.1) is 12.8 Å². The van der Waals surface area contributed by atoms with E-state index in [1.807, 2.05) is 62.7 Å². The molecule has 1 aromatic heterocycles. The molecule has 1 atom stereocenters. The van der Waals surface area contributed by atoms with Gasteiger partial charge in [-0.3, -0.25) is 9.59 Å². The van der Waals surface area contributed by atoms with Crippen molar-refractivity contribution >= 4 is 23.3 Å². The SMILES string of the molecule is CCc1ccc(N2CC(C(=O)Nc3cc(C)nn3C(C)(C)C)CC2=O)cc1. The van der Waals surface area contributed by atoms with Gasteiger partial charge < -0.3 is 10.2 Å². The summed E-state index contributed by atoms with van der Waals surface area (Å²) in [6.45, 7) is 10.5. The van der Waals surface area contributed by atoms with Gasteiger partial charge in [-0.1, -0.05) is 19.1 Å². The highest BCUT2D eigenvalue weighted by Gasteiger charge is 2.35. The summed E-state index contributed by atoms with van der Waals surface area (Å²) in [5.41, 5.74) is 2.68. The van der Waals surface area contributed by atoms with Crippen molar-refractivity contribution in [3.8, 4) is 0 Å². The van der Waals surface area contributed by atoms with Gasteiger partial charge in [-0.15, -0.1) is 0 Å². The number of benzene rings is 1. The summed E-state index contributed by atoms with van der Waals surface area (Å²) in [6.07, 6.45) is 1.18. The molecule has 0 saturated carbocycles. The number of carbonyl (C=O) groups is 2. The van der Waals surface area contributed by atoms with Crippen LogP contribution in [0.3, 0.4) is 0 Å². The van der Waals surface area contributed by atoms with Gasteiger partial charge in [0.15, 0.2) is 0 Å². The number of anilines is 2. The van der Waals surface area contributed by atoms with Crippen molar-refractivity contribution in [3.05, 3.63) is 41.6 Å². The monoisotopic (exact) mass is 368 g/mol. The molecule has 27 heavy (non-hydrogen) atoms. The van der Waals surface area contributed by atoms with Crippen LogP contribution in [0.25, 0.3) is 0 Å². The van der Waals surface area contributed by atoms with Crippen LogP contribution in [-0.4, -0.2) is 28.1 Å². The molecule has 1 fully saturated rings. The van der Waals surface area contributed by atoms with E-state index in [0.29, 0.717) is 12.4 Å². The van der Waals surface area contributed by atoms with Crippen molar-refractivity contribution in [1.82, 2.24) is 9.78 Å². The third-order valence-electron chi connectivity index (χ3n) is 4.87. The van der Waals surface area contributed by atoms with Crippen LogP contribution in [-0.2, 0) is 21.5 Å². The van der Waals surface area contributed by atoms with E-state index in [1.165, 1.54) is 5.56 Å². The number of hydrogen-bond acceptors (Lipinski definition) is 3. The fourth-order valence-corrected chi connectivity index (χ4v) is 3.37. The van der Waals surface area contributed by atoms with Gasteiger partial charge in [0.05, 0.1) is 17.2 Å². The predicted octanol–water partition coefficient (Wildman–Crippen LogP) is 3.50. The number of rotatable bonds is 4. The van der Waals surface area contributed by atoms with E-state index in [4.69, 9.17) is 0 Å². The molecule has 2 amide bonds. The molecule has 1 aromatic carbocycles. The molecule has 0 radical (unpaired) electrons. The van der Waals surface area contributed by atoms with E-state index in [2.05, 4.69) is 17.3 Å². The van der Waals surface area contributed by atoms with E-state index in [1.54, 1.807) is 4.90 Å². The third-order valence-corrected chi connectivity index (χ3v) is 4.87. The Morgan fingerprint density at radius 1 is 1.26 bits per heavy atom. The zero-order valence-electron chi connectivity index (χ0n) is 16.7. The highest BCUT2D eigenvalue weighted by Crippen LogP contribution is 2.27. The fraction of sp³-hybridized carbons (Fsp3) is 0.476. The van der Waals surface area contributed by atoms with Gasteiger partial charge in [-0.2, -0.15) is 5.10 Å². The van der Waals surface area contributed by atoms with Crippen LogP contribution in [0.15, 0.2) is 30.3 Å². The minimum Gasteiger partial charge on any atom is -0.312 e. The first-order chi connectivity index (χ1) is 12.7. The molecule has 2 aromatic rings. The summed E-state index contributed by atoms with van der Waals surface area (Å²) >= 11 is 0. The Morgan fingerprint density at radius 3 is 2.52 bits per heavy atom. The Bertz CT molecular complexity index is 846. The zero-order valence-corrected chi connectivity index (χ0v) is 16.7. The topological polar surface area (TPSA) is 67.2 Å². The summed E-state index contributed by atoms with van der Waals surface area (Å²) in [4.78, 5) is 27.0. The second kappa shape index (κ2) is 7.18. The molecule has 0 bridgehead atoms. The second-order valence-electron chi connectivity index (χ2n) is 8.17. The highest BCUT2D eigenvalue weighted by atomic mass is 16.2. The maximum absolute atomic E-state index is 12.8. The summed E-state index contributed by atoms with van der Waals surface area (Å²) < 4.78 is 1.82. The molecule has 3 rings (SSSR count). The molecule has 0 aliphatic carbocycles. The average molecular weight is 368 g/mol. The summed E-state index contributed by atoms with van der Waals surface area (Å²) in [7, 11) is 0. The van der Waals surface area contributed by atoms with Crippen LogP contribution < -0.4 is 10.2 Å². The van der Waals surface area contributed by atoms with Crippen molar-refractivity contribution in [3.63, 3.8) is 0 Å². The third kappa shape index (κ3) is 4.04. The molecule has 144 valence electrons. The normalized spacial score (nSPS) is 17.4. The van der Waals surface area contributed by atoms with Gasteiger partial charge in [-0.25, -0.2) is 4.68 Å². The molecule has 0 spiro atoms. The predicted molar refractivity (Wildman–Crippen MR) is 107 cm³/mol. The zero-order chi connectivity index (χ0) is 19.8. The Kier molecular flexibility index (Phi) is 5.09. The number of aryl methyl sites for hydroxylation is 2. The lowest BCUT2D eigenvalue weighted by molar-refractivity contribution is -0.122. The maximum atomic E-state index is 12.8. The molecule has 1 aliphatic rings. The largest absolute Gasteiger partial charge is 0.312 e. The Labute approximate surface area is 160 Å². The van der Waals surface area contributed by atoms with E-state index in [-0.39, 0.29) is 29.7 Å². The Balaban J connectivity index is 1.73. The Morgan fingerprint density at radius 2 is 1.93 bits per heavy atom. The van der Waals surface area contributed by atoms with Gasteiger partial charge in [0, 0.05) is 24.7 Å². The number of carbonyl (C=O) groups excluding carboxylic acids is 2. The first kappa shape index (κ1) is 19.1. The van der Waals surface area contributed by atoms with Crippen LogP contribution >= 0.6 is 0 Å². The van der Waals surface area contributed by atoms with Crippen LogP contribution in [0.2, 0.25) is 0 Å². The van der Waals surface area contributed by atoms with Gasteiger partial charge in [0.25, 0.3) is 0 Å². The molecule has 1 saturated heterocycles. The van der Waals surface area contributed by atoms with Gasteiger partial charge in [0.2, 0.25) is 11.8 Å².